The normalized spacial score (nSPS) is 10.9. The number of ether oxygens (including phenoxy) is 1. The molecule has 0 aliphatic rings. The van der Waals surface area contributed by atoms with Gasteiger partial charge in [0.15, 0.2) is 5.78 Å². The molecule has 0 saturated heterocycles. The summed E-state index contributed by atoms with van der Waals surface area (Å²) in [6, 6.07) is 3.59. The number of rotatable bonds is 9. The van der Waals surface area contributed by atoms with E-state index in [4.69, 9.17) is 27.8 Å². The Morgan fingerprint density at radius 1 is 1.38 bits per heavy atom. The van der Waals surface area contributed by atoms with Gasteiger partial charge in [-0.05, 0) is 31.0 Å². The summed E-state index contributed by atoms with van der Waals surface area (Å²) in [6.07, 6.45) is 6.35. The molecular formula is C17H21ClN6O2. The van der Waals surface area contributed by atoms with Gasteiger partial charge >= 0.3 is 0 Å². The van der Waals surface area contributed by atoms with Crippen molar-refractivity contribution in [3.05, 3.63) is 46.8 Å². The molecule has 0 radical (unpaired) electrons. The van der Waals surface area contributed by atoms with E-state index in [9.17, 15) is 4.79 Å². The van der Waals surface area contributed by atoms with Crippen molar-refractivity contribution in [3.63, 3.8) is 0 Å². The molecule has 2 aromatic heterocycles. The van der Waals surface area contributed by atoms with Crippen molar-refractivity contribution in [1.82, 2.24) is 15.0 Å². The molecule has 26 heavy (non-hydrogen) atoms. The summed E-state index contributed by atoms with van der Waals surface area (Å²) in [6.45, 7) is 0.938. The highest BCUT2D eigenvalue weighted by Gasteiger charge is 2.17. The molecule has 2 heterocycles. The number of halogens is 1. The van der Waals surface area contributed by atoms with Gasteiger partial charge in [-0.3, -0.25) is 4.79 Å². The van der Waals surface area contributed by atoms with Crippen molar-refractivity contribution in [1.29, 1.82) is 0 Å². The number of hydrogen-bond acceptors (Lipinski definition) is 8. The number of pyridine rings is 1. The molecule has 0 saturated carbocycles. The minimum atomic E-state index is -0.303. The number of nitrogen functional groups attached to an aromatic ring is 1. The van der Waals surface area contributed by atoms with Crippen LogP contribution < -0.4 is 21.5 Å². The second-order valence-corrected chi connectivity index (χ2v) is 5.71. The number of carbonyl (C=O) groups excluding carboxylic acids is 1. The molecule has 2 rings (SSSR count). The standard InChI is InChI=1S/C17H21ClN6O2/c1-26-13-7-6-11(9-21-13)10-22-16-14(15(18)23-17(20)24-16)12(25)5-3-2-4-8-19/h3,5-7,9H,2,4,8,10,19H2,1H3,(H3,20,22,23,24)/b5-3+. The maximum Gasteiger partial charge on any atom is 0.223 e. The summed E-state index contributed by atoms with van der Waals surface area (Å²) in [5.41, 5.74) is 12.1. The van der Waals surface area contributed by atoms with Crippen molar-refractivity contribution < 1.29 is 9.53 Å². The zero-order valence-corrected chi connectivity index (χ0v) is 15.2. The van der Waals surface area contributed by atoms with Crippen LogP contribution in [-0.2, 0) is 6.54 Å². The van der Waals surface area contributed by atoms with Crippen LogP contribution in [0, 0.1) is 0 Å². The highest BCUT2D eigenvalue weighted by molar-refractivity contribution is 6.34. The number of unbranched alkanes of at least 4 members (excludes halogenated alkanes) is 1. The predicted molar refractivity (Wildman–Crippen MR) is 101 cm³/mol. The Kier molecular flexibility index (Phi) is 7.31. The molecule has 0 atom stereocenters. The van der Waals surface area contributed by atoms with Crippen LogP contribution in [0.1, 0.15) is 28.8 Å². The Morgan fingerprint density at radius 2 is 2.19 bits per heavy atom. The molecule has 0 aliphatic heterocycles. The third-order valence-electron chi connectivity index (χ3n) is 3.44. The number of nitrogens with zero attached hydrogens (tertiary/aromatic N) is 3. The molecule has 0 amide bonds. The monoisotopic (exact) mass is 376 g/mol. The Bertz CT molecular complexity index is 780. The van der Waals surface area contributed by atoms with Gasteiger partial charge in [0.2, 0.25) is 11.8 Å². The largest absolute Gasteiger partial charge is 0.481 e. The first-order valence-electron chi connectivity index (χ1n) is 8.02. The molecule has 0 unspecified atom stereocenters. The summed E-state index contributed by atoms with van der Waals surface area (Å²) >= 11 is 6.12. The van der Waals surface area contributed by atoms with Crippen molar-refractivity contribution in [2.45, 2.75) is 19.4 Å². The van der Waals surface area contributed by atoms with E-state index in [1.165, 1.54) is 6.08 Å². The van der Waals surface area contributed by atoms with E-state index in [0.717, 1.165) is 12.0 Å². The van der Waals surface area contributed by atoms with Gasteiger partial charge in [0.25, 0.3) is 0 Å². The minimum Gasteiger partial charge on any atom is -0.481 e. The van der Waals surface area contributed by atoms with Crippen LogP contribution >= 0.6 is 11.6 Å². The van der Waals surface area contributed by atoms with Gasteiger partial charge in [0.05, 0.1) is 7.11 Å². The lowest BCUT2D eigenvalue weighted by Crippen LogP contribution is -2.11. The fraction of sp³-hybridized carbons (Fsp3) is 0.294. The Morgan fingerprint density at radius 3 is 2.85 bits per heavy atom. The van der Waals surface area contributed by atoms with Gasteiger partial charge in [-0.2, -0.15) is 4.98 Å². The number of nitrogens with one attached hydrogen (secondary N) is 1. The van der Waals surface area contributed by atoms with E-state index in [1.807, 2.05) is 6.07 Å². The molecule has 8 nitrogen and oxygen atoms in total. The average Bonchev–Trinajstić information content (AvgIpc) is 2.63. The number of aromatic nitrogens is 3. The van der Waals surface area contributed by atoms with E-state index >= 15 is 0 Å². The van der Waals surface area contributed by atoms with Crippen molar-refractivity contribution in [2.75, 3.05) is 24.7 Å². The highest BCUT2D eigenvalue weighted by Crippen LogP contribution is 2.24. The number of methoxy groups -OCH3 is 1. The van der Waals surface area contributed by atoms with Crippen molar-refractivity contribution in [2.24, 2.45) is 5.73 Å². The van der Waals surface area contributed by atoms with Crippen LogP contribution in [0.2, 0.25) is 5.15 Å². The van der Waals surface area contributed by atoms with Crippen LogP contribution in [0.15, 0.2) is 30.5 Å². The molecule has 5 N–H and O–H groups in total. The number of anilines is 2. The number of nitrogens with two attached hydrogens (primary N) is 2. The molecular weight excluding hydrogens is 356 g/mol. The number of ketones is 1. The fourth-order valence-electron chi connectivity index (χ4n) is 2.13. The maximum absolute atomic E-state index is 12.5. The van der Waals surface area contributed by atoms with Gasteiger partial charge in [0.1, 0.15) is 16.5 Å². The average molecular weight is 377 g/mol. The SMILES string of the molecule is COc1ccc(CNc2nc(N)nc(Cl)c2C(=O)/C=C/CCCN)cn1. The first kappa shape index (κ1) is 19.6. The first-order valence-corrected chi connectivity index (χ1v) is 8.39. The summed E-state index contributed by atoms with van der Waals surface area (Å²) in [7, 11) is 1.55. The summed E-state index contributed by atoms with van der Waals surface area (Å²) in [5, 5.41) is 3.06. The van der Waals surface area contributed by atoms with E-state index in [-0.39, 0.29) is 28.3 Å². The van der Waals surface area contributed by atoms with Gasteiger partial charge in [-0.25, -0.2) is 9.97 Å². The zero-order chi connectivity index (χ0) is 18.9. The van der Waals surface area contributed by atoms with Gasteiger partial charge in [0, 0.05) is 18.8 Å². The van der Waals surface area contributed by atoms with Crippen LogP contribution in [0.4, 0.5) is 11.8 Å². The summed E-state index contributed by atoms with van der Waals surface area (Å²) in [5.74, 6) is 0.463. The topological polar surface area (TPSA) is 129 Å². The second kappa shape index (κ2) is 9.69. The third kappa shape index (κ3) is 5.40. The molecule has 0 aromatic carbocycles. The smallest absolute Gasteiger partial charge is 0.223 e. The number of carbonyl (C=O) groups is 1. The summed E-state index contributed by atoms with van der Waals surface area (Å²) < 4.78 is 5.02. The molecule has 0 spiro atoms. The second-order valence-electron chi connectivity index (χ2n) is 5.36. The molecule has 2 aromatic rings. The molecule has 9 heteroatoms. The Labute approximate surface area is 156 Å². The molecule has 138 valence electrons. The summed E-state index contributed by atoms with van der Waals surface area (Å²) in [4.78, 5) is 24.6. The first-order chi connectivity index (χ1) is 12.5. The van der Waals surface area contributed by atoms with E-state index in [2.05, 4.69) is 20.3 Å². The lowest BCUT2D eigenvalue weighted by atomic mass is 10.1. The lowest BCUT2D eigenvalue weighted by molar-refractivity contribution is 0.104. The van der Waals surface area contributed by atoms with E-state index in [1.54, 1.807) is 25.4 Å². The van der Waals surface area contributed by atoms with Crippen LogP contribution in [0.25, 0.3) is 0 Å². The van der Waals surface area contributed by atoms with Crippen molar-refractivity contribution in [3.8, 4) is 5.88 Å². The number of hydrogen-bond donors (Lipinski definition) is 3. The van der Waals surface area contributed by atoms with Gasteiger partial charge < -0.3 is 21.5 Å². The fourth-order valence-corrected chi connectivity index (χ4v) is 2.40. The molecule has 0 fully saturated rings. The van der Waals surface area contributed by atoms with E-state index < -0.39 is 0 Å². The predicted octanol–water partition coefficient (Wildman–Crippen LogP) is 2.21. The van der Waals surface area contributed by atoms with Crippen LogP contribution in [0.3, 0.4) is 0 Å². The lowest BCUT2D eigenvalue weighted by Gasteiger charge is -2.11. The highest BCUT2D eigenvalue weighted by atomic mass is 35.5. The zero-order valence-electron chi connectivity index (χ0n) is 14.4. The third-order valence-corrected chi connectivity index (χ3v) is 3.71. The van der Waals surface area contributed by atoms with Gasteiger partial charge in [-0.1, -0.05) is 23.7 Å². The Hall–Kier alpha value is -2.71. The van der Waals surface area contributed by atoms with Crippen molar-refractivity contribution >= 4 is 29.2 Å². The Balaban J connectivity index is 2.18. The maximum atomic E-state index is 12.5. The molecule has 0 aliphatic carbocycles. The number of allylic oxidation sites excluding steroid dienone is 2. The molecule has 0 bridgehead atoms. The minimum absolute atomic E-state index is 0.00123. The van der Waals surface area contributed by atoms with Gasteiger partial charge in [-0.15, -0.1) is 0 Å². The van der Waals surface area contributed by atoms with Crippen LogP contribution in [0.5, 0.6) is 5.88 Å². The van der Waals surface area contributed by atoms with E-state index in [0.29, 0.717) is 25.4 Å². The quantitative estimate of drug-likeness (QED) is 0.263. The van der Waals surface area contributed by atoms with Crippen LogP contribution in [-0.4, -0.2) is 34.4 Å².